The molecule has 2 heterocycles. The molecule has 0 spiro atoms. The minimum atomic E-state index is -0.513. The highest BCUT2D eigenvalue weighted by Crippen LogP contribution is 2.34. The maximum atomic E-state index is 12.7. The van der Waals surface area contributed by atoms with Crippen LogP contribution < -0.4 is 25.0 Å². The largest absolute Gasteiger partial charge is 0.490 e. The molecule has 0 atom stereocenters. The van der Waals surface area contributed by atoms with Crippen LogP contribution in [0.3, 0.4) is 0 Å². The fourth-order valence-electron chi connectivity index (χ4n) is 4.65. The summed E-state index contributed by atoms with van der Waals surface area (Å²) < 4.78 is 25.9. The van der Waals surface area contributed by atoms with Gasteiger partial charge < -0.3 is 28.5 Å². The molecule has 0 bridgehead atoms. The number of carbonyl (C=O) groups is 2. The van der Waals surface area contributed by atoms with Gasteiger partial charge in [-0.15, -0.1) is 0 Å². The molecule has 2 N–H and O–H groups in total. The van der Waals surface area contributed by atoms with Gasteiger partial charge in [0.25, 0.3) is 5.91 Å². The smallest absolute Gasteiger partial charge is 0.307 e. The number of aromatic nitrogens is 1. The highest BCUT2D eigenvalue weighted by molar-refractivity contribution is 14.1. The van der Waals surface area contributed by atoms with Gasteiger partial charge in [-0.05, 0) is 134 Å². The van der Waals surface area contributed by atoms with Gasteiger partial charge in [-0.25, -0.2) is 5.43 Å². The number of hydrogen-bond donors (Lipinski definition) is 2. The fraction of sp³-hybridized carbons (Fsp3) is 0.171. The number of carbonyl (C=O) groups excluding carboxylic acids is 2. The maximum Gasteiger partial charge on any atom is 0.307 e. The molecule has 3 aromatic carbocycles. The Kier molecular flexibility index (Phi) is 11.2. The summed E-state index contributed by atoms with van der Waals surface area (Å²) in [5.41, 5.74) is 7.10. The van der Waals surface area contributed by atoms with Gasteiger partial charge in [0.15, 0.2) is 23.9 Å². The van der Waals surface area contributed by atoms with Crippen molar-refractivity contribution in [1.82, 2.24) is 9.99 Å². The van der Waals surface area contributed by atoms with E-state index in [2.05, 4.69) is 69.0 Å². The zero-order valence-corrected chi connectivity index (χ0v) is 28.8. The van der Waals surface area contributed by atoms with Crippen LogP contribution in [0, 0.1) is 17.4 Å². The molecule has 0 saturated heterocycles. The van der Waals surface area contributed by atoms with Crippen molar-refractivity contribution < 1.29 is 28.2 Å². The van der Waals surface area contributed by atoms with Crippen LogP contribution in [-0.2, 0) is 11.4 Å². The van der Waals surface area contributed by atoms with E-state index in [1.165, 1.54) is 6.21 Å². The summed E-state index contributed by atoms with van der Waals surface area (Å²) in [6.07, 6.45) is 1.48. The van der Waals surface area contributed by atoms with Crippen LogP contribution in [-0.4, -0.2) is 35.8 Å². The van der Waals surface area contributed by atoms with Gasteiger partial charge in [-0.3, -0.25) is 9.59 Å². The van der Waals surface area contributed by atoms with E-state index in [1.807, 2.05) is 31.2 Å². The van der Waals surface area contributed by atoms with Gasteiger partial charge >= 0.3 is 5.91 Å². The second-order valence-electron chi connectivity index (χ2n) is 10.3. The van der Waals surface area contributed by atoms with E-state index < -0.39 is 5.91 Å². The third-order valence-electron chi connectivity index (χ3n) is 6.82. The molecule has 0 unspecified atom stereocenters. The molecule has 2 amide bonds. The van der Waals surface area contributed by atoms with Crippen LogP contribution in [0.5, 0.6) is 17.2 Å². The van der Waals surface area contributed by atoms with Crippen molar-refractivity contribution in [2.45, 2.75) is 27.4 Å². The van der Waals surface area contributed by atoms with Gasteiger partial charge in [0.05, 0.1) is 16.4 Å². The normalized spacial score (nSPS) is 11.0. The first-order valence-electron chi connectivity index (χ1n) is 14.6. The maximum absolute atomic E-state index is 12.7. The Morgan fingerprint density at radius 3 is 2.36 bits per heavy atom. The van der Waals surface area contributed by atoms with E-state index >= 15 is 0 Å². The molecule has 0 radical (unpaired) electrons. The number of nitrogens with one attached hydrogen (secondary N) is 2. The molecule has 0 saturated carbocycles. The predicted molar refractivity (Wildman–Crippen MR) is 189 cm³/mol. The Labute approximate surface area is 290 Å². The molecule has 47 heavy (non-hydrogen) atoms. The number of furan rings is 1. The lowest BCUT2D eigenvalue weighted by atomic mass is 10.2. The first kappa shape index (κ1) is 33.6. The lowest BCUT2D eigenvalue weighted by molar-refractivity contribution is -0.118. The van der Waals surface area contributed by atoms with Gasteiger partial charge in [0, 0.05) is 27.8 Å². The molecular weight excluding hydrogens is 735 g/mol. The predicted octanol–water partition coefficient (Wildman–Crippen LogP) is 7.70. The molecule has 242 valence electrons. The van der Waals surface area contributed by atoms with E-state index in [4.69, 9.17) is 30.2 Å². The monoisotopic (exact) mass is 766 g/mol. The Balaban J connectivity index is 1.13. The molecule has 5 rings (SSSR count). The third-order valence-corrected chi connectivity index (χ3v) is 7.87. The SMILES string of the molecule is CCOc1cc(/C=N/NC(=O)c2ccc(COc3ccc(-n4c(C)ccc4C)cc3)o2)cc(I)c1OCC(=O)Nc1ccc(Cl)cc1. The Morgan fingerprint density at radius 1 is 0.936 bits per heavy atom. The van der Waals surface area contributed by atoms with Crippen LogP contribution in [0.25, 0.3) is 5.69 Å². The van der Waals surface area contributed by atoms with Crippen molar-refractivity contribution in [1.29, 1.82) is 0 Å². The number of rotatable bonds is 13. The second-order valence-corrected chi connectivity index (χ2v) is 11.9. The molecule has 2 aromatic heterocycles. The number of amides is 2. The van der Waals surface area contributed by atoms with E-state index in [-0.39, 0.29) is 24.9 Å². The number of aryl methyl sites for hydroxylation is 2. The third kappa shape index (κ3) is 8.95. The summed E-state index contributed by atoms with van der Waals surface area (Å²) in [4.78, 5) is 25.1. The van der Waals surface area contributed by atoms with Gasteiger partial charge in [-0.1, -0.05) is 11.6 Å². The number of ether oxygens (including phenoxy) is 3. The van der Waals surface area contributed by atoms with E-state index in [0.29, 0.717) is 49.5 Å². The number of nitrogens with zero attached hydrogens (tertiary/aromatic N) is 2. The molecule has 0 aliphatic carbocycles. The Morgan fingerprint density at radius 2 is 1.66 bits per heavy atom. The number of anilines is 1. The Hall–Kier alpha value is -4.75. The van der Waals surface area contributed by atoms with Crippen LogP contribution in [0.1, 0.15) is 40.2 Å². The number of halogens is 2. The quantitative estimate of drug-likeness (QED) is 0.0721. The summed E-state index contributed by atoms with van der Waals surface area (Å²) in [5, 5.41) is 7.40. The molecule has 10 nitrogen and oxygen atoms in total. The lowest BCUT2D eigenvalue weighted by Crippen LogP contribution is -2.20. The van der Waals surface area contributed by atoms with E-state index in [9.17, 15) is 9.59 Å². The summed E-state index contributed by atoms with van der Waals surface area (Å²) in [5.74, 6) is 1.29. The Bertz CT molecular complexity index is 1860. The van der Waals surface area contributed by atoms with Gasteiger partial charge in [0.1, 0.15) is 18.1 Å². The average Bonchev–Trinajstić information content (AvgIpc) is 3.67. The highest BCUT2D eigenvalue weighted by atomic mass is 127. The summed E-state index contributed by atoms with van der Waals surface area (Å²) in [6.45, 7) is 6.29. The van der Waals surface area contributed by atoms with Crippen LogP contribution in [0.4, 0.5) is 5.69 Å². The summed E-state index contributed by atoms with van der Waals surface area (Å²) in [6, 6.07) is 25.5. The van der Waals surface area contributed by atoms with Crippen molar-refractivity contribution in [3.8, 4) is 22.9 Å². The van der Waals surface area contributed by atoms with E-state index in [1.54, 1.807) is 48.5 Å². The van der Waals surface area contributed by atoms with Crippen LogP contribution in [0.2, 0.25) is 5.02 Å². The van der Waals surface area contributed by atoms with Crippen molar-refractivity contribution in [2.24, 2.45) is 5.10 Å². The zero-order chi connectivity index (χ0) is 33.3. The second kappa shape index (κ2) is 15.7. The summed E-state index contributed by atoms with van der Waals surface area (Å²) in [7, 11) is 0. The first-order chi connectivity index (χ1) is 22.7. The topological polar surface area (TPSA) is 116 Å². The molecule has 5 aromatic rings. The van der Waals surface area contributed by atoms with Crippen LogP contribution >= 0.6 is 34.2 Å². The van der Waals surface area contributed by atoms with Gasteiger partial charge in [0.2, 0.25) is 0 Å². The molecule has 0 aliphatic heterocycles. The van der Waals surface area contributed by atoms with Crippen molar-refractivity contribution >= 4 is 57.9 Å². The van der Waals surface area contributed by atoms with E-state index in [0.717, 1.165) is 17.1 Å². The zero-order valence-electron chi connectivity index (χ0n) is 25.9. The lowest BCUT2D eigenvalue weighted by Gasteiger charge is -2.14. The van der Waals surface area contributed by atoms with Crippen molar-refractivity contribution in [2.75, 3.05) is 18.5 Å². The number of hydrazone groups is 1. The summed E-state index contributed by atoms with van der Waals surface area (Å²) >= 11 is 7.99. The molecule has 12 heteroatoms. The van der Waals surface area contributed by atoms with Crippen LogP contribution in [0.15, 0.2) is 94.4 Å². The molecule has 0 aliphatic rings. The minimum absolute atomic E-state index is 0.0971. The number of hydrogen-bond acceptors (Lipinski definition) is 7. The van der Waals surface area contributed by atoms with Crippen molar-refractivity contribution in [3.63, 3.8) is 0 Å². The average molecular weight is 767 g/mol. The standard InChI is InChI=1S/C35H32ClIN4O6/c1-4-44-32-18-24(17-30(37)34(32)46-21-33(42)39-26-9-7-25(36)8-10-26)19-38-40-35(43)31-16-15-29(47-31)20-45-28-13-11-27(12-14-28)41-22(2)5-6-23(41)3/h5-19H,4,20-21H2,1-3H3,(H,39,42)(H,40,43)/b38-19+. The number of benzene rings is 3. The van der Waals surface area contributed by atoms with Gasteiger partial charge in [-0.2, -0.15) is 5.10 Å². The fourth-order valence-corrected chi connectivity index (χ4v) is 5.56. The minimum Gasteiger partial charge on any atom is -0.490 e. The molecule has 0 fully saturated rings. The highest BCUT2D eigenvalue weighted by Gasteiger charge is 2.15. The van der Waals surface area contributed by atoms with Crippen molar-refractivity contribution in [3.05, 3.63) is 122 Å². The first-order valence-corrected chi connectivity index (χ1v) is 16.1. The molecular formula is C35H32ClIN4O6.